The fourth-order valence-corrected chi connectivity index (χ4v) is 3.67. The van der Waals surface area contributed by atoms with Crippen molar-refractivity contribution in [2.45, 2.75) is 25.4 Å². The lowest BCUT2D eigenvalue weighted by atomic mass is 9.93. The molecule has 1 aliphatic rings. The molecule has 2 aromatic rings. The maximum atomic E-state index is 5.28. The Hall–Kier alpha value is -1.91. The first-order chi connectivity index (χ1) is 11.7. The van der Waals surface area contributed by atoms with Gasteiger partial charge in [-0.05, 0) is 68.2 Å². The molecule has 3 rings (SSSR count). The maximum absolute atomic E-state index is 5.28. The lowest BCUT2D eigenvalue weighted by Crippen LogP contribution is -2.30. The Labute approximate surface area is 144 Å². The molecule has 0 spiro atoms. The molecule has 3 atom stereocenters. The van der Waals surface area contributed by atoms with Crippen molar-refractivity contribution in [1.82, 2.24) is 15.2 Å². The Morgan fingerprint density at radius 3 is 2.58 bits per heavy atom. The van der Waals surface area contributed by atoms with Gasteiger partial charge in [-0.25, -0.2) is 0 Å². The quantitative estimate of drug-likeness (QED) is 0.883. The molecule has 0 saturated carbocycles. The van der Waals surface area contributed by atoms with Crippen LogP contribution in [0.2, 0.25) is 0 Å². The number of nitrogens with one attached hydrogen (secondary N) is 1. The molecule has 1 N–H and O–H groups in total. The van der Waals surface area contributed by atoms with Gasteiger partial charge in [0.05, 0.1) is 7.11 Å². The molecule has 0 unspecified atom stereocenters. The average Bonchev–Trinajstić information content (AvgIpc) is 3.01. The number of hydrogen-bond donors (Lipinski definition) is 1. The summed E-state index contributed by atoms with van der Waals surface area (Å²) < 4.78 is 5.28. The first-order valence-corrected chi connectivity index (χ1v) is 8.66. The van der Waals surface area contributed by atoms with E-state index in [1.807, 2.05) is 12.4 Å². The summed E-state index contributed by atoms with van der Waals surface area (Å²) in [5.41, 5.74) is 2.66. The third kappa shape index (κ3) is 3.77. The molecule has 1 aliphatic heterocycles. The molecule has 128 valence electrons. The van der Waals surface area contributed by atoms with E-state index < -0.39 is 0 Å². The van der Waals surface area contributed by atoms with E-state index in [0.717, 1.165) is 18.8 Å². The van der Waals surface area contributed by atoms with Crippen LogP contribution in [0.25, 0.3) is 0 Å². The summed E-state index contributed by atoms with van der Waals surface area (Å²) in [5, 5.41) is 3.70. The Balaban J connectivity index is 1.65. The molecule has 1 aromatic carbocycles. The molecule has 2 heterocycles. The molecule has 1 saturated heterocycles. The fraction of sp³-hybridized carbons (Fsp3) is 0.450. The van der Waals surface area contributed by atoms with Gasteiger partial charge in [0.2, 0.25) is 0 Å². The van der Waals surface area contributed by atoms with Crippen molar-refractivity contribution in [3.05, 3.63) is 59.9 Å². The minimum atomic E-state index is 0.343. The van der Waals surface area contributed by atoms with E-state index in [0.29, 0.717) is 18.0 Å². The Kier molecular flexibility index (Phi) is 5.48. The number of pyridine rings is 1. The predicted molar refractivity (Wildman–Crippen MR) is 97.1 cm³/mol. The summed E-state index contributed by atoms with van der Waals surface area (Å²) in [6.07, 6.45) is 4.94. The lowest BCUT2D eigenvalue weighted by Gasteiger charge is -2.27. The highest BCUT2D eigenvalue weighted by Crippen LogP contribution is 2.36. The number of rotatable bonds is 6. The van der Waals surface area contributed by atoms with E-state index in [2.05, 4.69) is 65.6 Å². The van der Waals surface area contributed by atoms with Crippen molar-refractivity contribution in [3.63, 3.8) is 0 Å². The minimum absolute atomic E-state index is 0.343. The van der Waals surface area contributed by atoms with Crippen LogP contribution in [0.5, 0.6) is 5.75 Å². The van der Waals surface area contributed by atoms with Crippen molar-refractivity contribution in [2.75, 3.05) is 27.2 Å². The van der Waals surface area contributed by atoms with Crippen LogP contribution >= 0.6 is 0 Å². The van der Waals surface area contributed by atoms with Gasteiger partial charge in [-0.15, -0.1) is 0 Å². The highest BCUT2D eigenvalue weighted by molar-refractivity contribution is 5.30. The van der Waals surface area contributed by atoms with Crippen LogP contribution in [0.3, 0.4) is 0 Å². The highest BCUT2D eigenvalue weighted by atomic mass is 16.5. The van der Waals surface area contributed by atoms with Gasteiger partial charge in [-0.2, -0.15) is 0 Å². The zero-order chi connectivity index (χ0) is 16.9. The second kappa shape index (κ2) is 7.77. The topological polar surface area (TPSA) is 37.4 Å². The highest BCUT2D eigenvalue weighted by Gasteiger charge is 2.32. The second-order valence-corrected chi connectivity index (χ2v) is 6.66. The molecule has 4 heteroatoms. The fourth-order valence-electron chi connectivity index (χ4n) is 3.67. The van der Waals surface area contributed by atoms with Crippen molar-refractivity contribution in [3.8, 4) is 5.75 Å². The van der Waals surface area contributed by atoms with Crippen LogP contribution in [-0.4, -0.2) is 37.1 Å². The predicted octanol–water partition coefficient (Wildman–Crippen LogP) is 3.43. The number of methoxy groups -OCH3 is 1. The summed E-state index contributed by atoms with van der Waals surface area (Å²) in [6.45, 7) is 4.38. The van der Waals surface area contributed by atoms with Crippen LogP contribution < -0.4 is 10.1 Å². The zero-order valence-corrected chi connectivity index (χ0v) is 14.8. The molecule has 0 radical (unpaired) electrons. The van der Waals surface area contributed by atoms with Gasteiger partial charge < -0.3 is 10.1 Å². The van der Waals surface area contributed by atoms with E-state index in [4.69, 9.17) is 4.74 Å². The largest absolute Gasteiger partial charge is 0.497 e. The van der Waals surface area contributed by atoms with Crippen LogP contribution in [-0.2, 0) is 0 Å². The monoisotopic (exact) mass is 325 g/mol. The van der Waals surface area contributed by atoms with E-state index >= 15 is 0 Å². The van der Waals surface area contributed by atoms with Crippen LogP contribution in [0.1, 0.15) is 36.6 Å². The second-order valence-electron chi connectivity index (χ2n) is 6.66. The summed E-state index contributed by atoms with van der Waals surface area (Å²) in [7, 11) is 3.94. The van der Waals surface area contributed by atoms with Gasteiger partial charge in [0.15, 0.2) is 0 Å². The van der Waals surface area contributed by atoms with Crippen molar-refractivity contribution in [1.29, 1.82) is 0 Å². The Morgan fingerprint density at radius 1 is 1.21 bits per heavy atom. The number of ether oxygens (including phenoxy) is 1. The third-order valence-corrected chi connectivity index (χ3v) is 5.12. The standard InChI is InChI=1S/C20H27N3O/c1-15(16-8-11-21-12-9-16)22-14-18-10-13-23(2)20(18)17-4-6-19(24-3)7-5-17/h4-9,11-12,15,18,20,22H,10,13-14H2,1-3H3/t15-,18-,20-/m1/s1. The molecule has 0 bridgehead atoms. The molecule has 0 aliphatic carbocycles. The Morgan fingerprint density at radius 2 is 1.92 bits per heavy atom. The first kappa shape index (κ1) is 16.9. The first-order valence-electron chi connectivity index (χ1n) is 8.66. The Bertz CT molecular complexity index is 629. The summed E-state index contributed by atoms with van der Waals surface area (Å²) in [5.74, 6) is 1.54. The molecule has 24 heavy (non-hydrogen) atoms. The summed E-state index contributed by atoms with van der Waals surface area (Å²) in [6, 6.07) is 13.5. The van der Waals surface area contributed by atoms with Crippen LogP contribution in [0.15, 0.2) is 48.8 Å². The van der Waals surface area contributed by atoms with Crippen molar-refractivity contribution >= 4 is 0 Å². The summed E-state index contributed by atoms with van der Waals surface area (Å²) >= 11 is 0. The van der Waals surface area contributed by atoms with Gasteiger partial charge >= 0.3 is 0 Å². The van der Waals surface area contributed by atoms with E-state index in [-0.39, 0.29) is 0 Å². The SMILES string of the molecule is COc1ccc([C@@H]2[C@@H](CN[C@H](C)c3ccncc3)CCN2C)cc1. The maximum Gasteiger partial charge on any atom is 0.118 e. The normalized spacial score (nSPS) is 22.5. The van der Waals surface area contributed by atoms with E-state index in [1.165, 1.54) is 17.5 Å². The average molecular weight is 325 g/mol. The van der Waals surface area contributed by atoms with Crippen LogP contribution in [0, 0.1) is 5.92 Å². The van der Waals surface area contributed by atoms with E-state index in [9.17, 15) is 0 Å². The van der Waals surface area contributed by atoms with Crippen LogP contribution in [0.4, 0.5) is 0 Å². The van der Waals surface area contributed by atoms with Gasteiger partial charge in [0.1, 0.15) is 5.75 Å². The zero-order valence-electron chi connectivity index (χ0n) is 14.8. The number of hydrogen-bond acceptors (Lipinski definition) is 4. The van der Waals surface area contributed by atoms with Gasteiger partial charge in [0.25, 0.3) is 0 Å². The van der Waals surface area contributed by atoms with Gasteiger partial charge in [-0.1, -0.05) is 12.1 Å². The number of likely N-dealkylation sites (tertiary alicyclic amines) is 1. The summed E-state index contributed by atoms with van der Waals surface area (Å²) in [4.78, 5) is 6.56. The molecule has 4 nitrogen and oxygen atoms in total. The van der Waals surface area contributed by atoms with Crippen molar-refractivity contribution < 1.29 is 4.74 Å². The number of benzene rings is 1. The lowest BCUT2D eigenvalue weighted by molar-refractivity contribution is 0.268. The molecule has 0 amide bonds. The van der Waals surface area contributed by atoms with Gasteiger partial charge in [0, 0.05) is 31.0 Å². The van der Waals surface area contributed by atoms with Gasteiger partial charge in [-0.3, -0.25) is 9.88 Å². The number of nitrogens with zero attached hydrogens (tertiary/aromatic N) is 2. The molecule has 1 fully saturated rings. The minimum Gasteiger partial charge on any atom is -0.497 e. The number of aromatic nitrogens is 1. The molecule has 1 aromatic heterocycles. The van der Waals surface area contributed by atoms with Crippen molar-refractivity contribution in [2.24, 2.45) is 5.92 Å². The molecular formula is C20H27N3O. The smallest absolute Gasteiger partial charge is 0.118 e. The molecular weight excluding hydrogens is 298 g/mol. The third-order valence-electron chi connectivity index (χ3n) is 5.12. The van der Waals surface area contributed by atoms with E-state index in [1.54, 1.807) is 7.11 Å².